The van der Waals surface area contributed by atoms with E-state index in [4.69, 9.17) is 16.8 Å². The van der Waals surface area contributed by atoms with Gasteiger partial charge < -0.3 is 16.8 Å². The molecule has 0 saturated carbocycles. The number of aliphatic imine (C=N–C) groups is 1. The molecule has 0 spiro atoms. The summed E-state index contributed by atoms with van der Waals surface area (Å²) in [4.78, 5) is 14.0. The van der Waals surface area contributed by atoms with Crippen molar-refractivity contribution in [3.05, 3.63) is 0 Å². The molecule has 1 unspecified atom stereocenters. The fraction of sp³-hybridized carbons (Fsp3) is 0.947. The van der Waals surface area contributed by atoms with Crippen LogP contribution in [0.4, 0.5) is 0 Å². The third kappa shape index (κ3) is 16.7. The van der Waals surface area contributed by atoms with Gasteiger partial charge in [-0.2, -0.15) is 0 Å². The summed E-state index contributed by atoms with van der Waals surface area (Å²) in [6.45, 7) is 27.6. The van der Waals surface area contributed by atoms with Gasteiger partial charge in [-0.05, 0) is 90.0 Å². The van der Waals surface area contributed by atoms with Crippen LogP contribution in [0.25, 0.3) is 0 Å². The molecule has 0 bridgehead atoms. The van der Waals surface area contributed by atoms with Crippen molar-refractivity contribution in [1.82, 2.24) is 0 Å². The van der Waals surface area contributed by atoms with E-state index in [1.54, 1.807) is 6.08 Å². The van der Waals surface area contributed by atoms with E-state index < -0.39 is 50.9 Å². The van der Waals surface area contributed by atoms with E-state index in [1.807, 2.05) is 0 Å². The molecule has 0 aliphatic heterocycles. The Morgan fingerprint density at radius 1 is 0.774 bits per heavy atom. The predicted octanol–water partition coefficient (Wildman–Crippen LogP) is 6.09. The van der Waals surface area contributed by atoms with Crippen molar-refractivity contribution < 1.29 is 21.6 Å². The molecule has 0 heterocycles. The standard InChI is InChI=1S/C19H48NO5Si6/c1-26(2)19-22-30(10,11)25-31(12,23-27(3,4)5)17-16-29(8,9)24-28(6,7)15-13-14-20-18-21/h13-17,19H2,1-12H3. The number of carbonyl (C=O) groups excluding carboxylic acids is 1. The van der Waals surface area contributed by atoms with Gasteiger partial charge in [0, 0.05) is 6.23 Å². The Morgan fingerprint density at radius 3 is 1.81 bits per heavy atom. The van der Waals surface area contributed by atoms with Crippen molar-refractivity contribution in [2.45, 2.75) is 103 Å². The molecule has 0 aromatic carbocycles. The molecule has 12 heteroatoms. The molecule has 0 N–H and O–H groups in total. The second-order valence-electron chi connectivity index (χ2n) is 11.5. The lowest BCUT2D eigenvalue weighted by Crippen LogP contribution is -2.56. The zero-order valence-electron chi connectivity index (χ0n) is 22.2. The van der Waals surface area contributed by atoms with Crippen molar-refractivity contribution >= 4 is 57.0 Å². The largest absolute Gasteiger partial charge is 0.456 e. The van der Waals surface area contributed by atoms with E-state index in [-0.39, 0.29) is 0 Å². The highest BCUT2D eigenvalue weighted by atomic mass is 28.5. The van der Waals surface area contributed by atoms with Crippen LogP contribution in [-0.2, 0) is 21.6 Å². The van der Waals surface area contributed by atoms with E-state index >= 15 is 0 Å². The number of isocyanates is 1. The SMILES string of the molecule is C[Si](C)CO[Si](C)(C)O[Si](C)(CC[Si](C)(C)O[Si](C)(C)CCCN=C=O)O[Si](C)(C)C. The van der Waals surface area contributed by atoms with Gasteiger partial charge in [-0.3, -0.25) is 0 Å². The topological polar surface area (TPSA) is 66.3 Å². The molecule has 6 nitrogen and oxygen atoms in total. The number of hydrogen-bond acceptors (Lipinski definition) is 6. The first-order chi connectivity index (χ1) is 13.8. The fourth-order valence-corrected chi connectivity index (χ4v) is 29.2. The summed E-state index contributed by atoms with van der Waals surface area (Å²) in [7, 11) is -10.5. The van der Waals surface area contributed by atoms with Gasteiger partial charge in [-0.1, -0.05) is 13.1 Å². The first kappa shape index (κ1) is 31.5. The van der Waals surface area contributed by atoms with Crippen LogP contribution in [-0.4, -0.2) is 69.7 Å². The predicted molar refractivity (Wildman–Crippen MR) is 146 cm³/mol. The smallest absolute Gasteiger partial charge is 0.322 e. The van der Waals surface area contributed by atoms with Crippen molar-refractivity contribution in [3.8, 4) is 0 Å². The summed E-state index contributed by atoms with van der Waals surface area (Å²) < 4.78 is 26.6. The molecule has 0 aliphatic carbocycles. The second kappa shape index (κ2) is 12.8. The van der Waals surface area contributed by atoms with Gasteiger partial charge in [0.2, 0.25) is 6.08 Å². The maximum atomic E-state index is 10.3. The molecule has 31 heavy (non-hydrogen) atoms. The minimum atomic E-state index is -2.39. The third-order valence-electron chi connectivity index (χ3n) is 4.54. The van der Waals surface area contributed by atoms with Crippen molar-refractivity contribution in [2.24, 2.45) is 4.99 Å². The summed E-state index contributed by atoms with van der Waals surface area (Å²) in [6, 6.07) is 2.99. The Balaban J connectivity index is 5.20. The molecule has 0 saturated heterocycles. The van der Waals surface area contributed by atoms with E-state index in [1.165, 1.54) is 0 Å². The van der Waals surface area contributed by atoms with E-state index in [2.05, 4.69) is 83.6 Å². The summed E-state index contributed by atoms with van der Waals surface area (Å²) >= 11 is 0. The lowest BCUT2D eigenvalue weighted by molar-refractivity contribution is 0.261. The minimum Gasteiger partial charge on any atom is -0.456 e. The third-order valence-corrected chi connectivity index (χ3v) is 23.4. The van der Waals surface area contributed by atoms with Crippen LogP contribution >= 0.6 is 0 Å². The van der Waals surface area contributed by atoms with Gasteiger partial charge in [0.25, 0.3) is 0 Å². The highest BCUT2D eigenvalue weighted by Gasteiger charge is 2.45. The Labute approximate surface area is 199 Å². The molecule has 183 valence electrons. The molecule has 0 aromatic rings. The molecule has 0 amide bonds. The van der Waals surface area contributed by atoms with Gasteiger partial charge in [0.1, 0.15) is 0 Å². The van der Waals surface area contributed by atoms with Crippen LogP contribution in [0, 0.1) is 0 Å². The van der Waals surface area contributed by atoms with Crippen molar-refractivity contribution in [2.75, 3.05) is 12.8 Å². The summed E-state index contributed by atoms with van der Waals surface area (Å²) in [5.74, 6) is 0. The number of rotatable bonds is 16. The summed E-state index contributed by atoms with van der Waals surface area (Å²) in [5, 5.41) is 0. The average molecular weight is 539 g/mol. The molecule has 0 aromatic heterocycles. The monoisotopic (exact) mass is 538 g/mol. The highest BCUT2D eigenvalue weighted by molar-refractivity contribution is 6.89. The highest BCUT2D eigenvalue weighted by Crippen LogP contribution is 2.31. The molecular formula is C19H48NO5Si6. The summed E-state index contributed by atoms with van der Waals surface area (Å²) in [5.41, 5.74) is 0. The Hall–Kier alpha value is 0.521. The zero-order valence-corrected chi connectivity index (χ0v) is 28.2. The van der Waals surface area contributed by atoms with Crippen molar-refractivity contribution in [1.29, 1.82) is 0 Å². The molecule has 0 rings (SSSR count). The normalized spacial score (nSPS) is 15.6. The Morgan fingerprint density at radius 2 is 1.32 bits per heavy atom. The van der Waals surface area contributed by atoms with Gasteiger partial charge >= 0.3 is 17.1 Å². The van der Waals surface area contributed by atoms with Crippen LogP contribution in [0.2, 0.25) is 96.7 Å². The van der Waals surface area contributed by atoms with Crippen LogP contribution in [0.1, 0.15) is 6.42 Å². The minimum absolute atomic E-state index is 0.444. The quantitative estimate of drug-likeness (QED) is 0.103. The number of nitrogens with zero attached hydrogens (tertiary/aromatic N) is 1. The Kier molecular flexibility index (Phi) is 13.1. The van der Waals surface area contributed by atoms with Gasteiger partial charge in [-0.15, -0.1) is 0 Å². The van der Waals surface area contributed by atoms with Crippen LogP contribution in [0.3, 0.4) is 0 Å². The van der Waals surface area contributed by atoms with Crippen LogP contribution < -0.4 is 0 Å². The van der Waals surface area contributed by atoms with E-state index in [9.17, 15) is 4.79 Å². The van der Waals surface area contributed by atoms with Crippen LogP contribution in [0.5, 0.6) is 0 Å². The fourth-order valence-electron chi connectivity index (χ4n) is 3.65. The lowest BCUT2D eigenvalue weighted by atomic mass is 10.5. The average Bonchev–Trinajstić information content (AvgIpc) is 2.52. The first-order valence-electron chi connectivity index (χ1n) is 11.4. The maximum Gasteiger partial charge on any atom is 0.322 e. The zero-order chi connectivity index (χ0) is 24.6. The molecular weight excluding hydrogens is 491 g/mol. The first-order valence-corrected chi connectivity index (χ1v) is 29.1. The lowest BCUT2D eigenvalue weighted by Gasteiger charge is -2.41. The van der Waals surface area contributed by atoms with Gasteiger partial charge in [-0.25, -0.2) is 9.79 Å². The van der Waals surface area contributed by atoms with Gasteiger partial charge in [0.05, 0.1) is 15.3 Å². The molecule has 0 aliphatic rings. The van der Waals surface area contributed by atoms with E-state index in [0.29, 0.717) is 6.54 Å². The second-order valence-corrected chi connectivity index (χ2v) is 34.8. The van der Waals surface area contributed by atoms with Crippen molar-refractivity contribution in [3.63, 3.8) is 0 Å². The van der Waals surface area contributed by atoms with Crippen LogP contribution in [0.15, 0.2) is 4.99 Å². The maximum absolute atomic E-state index is 10.3. The Bertz CT molecular complexity index is 591. The molecule has 1 radical (unpaired) electrons. The summed E-state index contributed by atoms with van der Waals surface area (Å²) in [6.07, 6.45) is 3.35. The van der Waals surface area contributed by atoms with E-state index in [0.717, 1.165) is 30.8 Å². The molecule has 1 atom stereocenters. The van der Waals surface area contributed by atoms with Gasteiger partial charge in [0.15, 0.2) is 25.0 Å². The molecule has 0 fully saturated rings. The number of hydrogen-bond donors (Lipinski definition) is 0.